The lowest BCUT2D eigenvalue weighted by Gasteiger charge is -2.38. The molecule has 0 aromatic heterocycles. The molecule has 0 saturated heterocycles. The van der Waals surface area contributed by atoms with E-state index in [1.54, 1.807) is 6.92 Å². The average Bonchev–Trinajstić information content (AvgIpc) is 2.65. The fourth-order valence-electron chi connectivity index (χ4n) is 2.29. The van der Waals surface area contributed by atoms with Crippen molar-refractivity contribution >= 4 is 66.4 Å². The molecule has 26 heavy (non-hydrogen) atoms. The van der Waals surface area contributed by atoms with E-state index in [0.717, 1.165) is 5.56 Å². The second kappa shape index (κ2) is 12.2. The third-order valence-corrected chi connectivity index (χ3v) is 6.52. The van der Waals surface area contributed by atoms with Crippen LogP contribution in [0.5, 0.6) is 0 Å². The highest BCUT2D eigenvalue weighted by molar-refractivity contribution is 7.97. The number of esters is 1. The molecule has 0 aliphatic rings. The second-order valence-electron chi connectivity index (χ2n) is 5.39. The smallest absolute Gasteiger partial charge is 0.411 e. The molecule has 0 spiro atoms. The normalized spacial score (nSPS) is 11.1. The fourth-order valence-corrected chi connectivity index (χ4v) is 4.92. The number of hydrogen-bond acceptors (Lipinski definition) is 7. The lowest BCUT2D eigenvalue weighted by molar-refractivity contribution is -0.144. The van der Waals surface area contributed by atoms with Gasteiger partial charge in [-0.25, -0.2) is 4.79 Å². The Hall–Kier alpha value is -1.21. The van der Waals surface area contributed by atoms with Gasteiger partial charge >= 0.3 is 12.1 Å². The highest BCUT2D eigenvalue weighted by Crippen LogP contribution is 2.35. The molecular weight excluding hydrogens is 409 g/mol. The van der Waals surface area contributed by atoms with Crippen molar-refractivity contribution in [2.75, 3.05) is 13.2 Å². The van der Waals surface area contributed by atoms with Crippen LogP contribution in [0.2, 0.25) is 0 Å². The molecule has 0 bridgehead atoms. The first-order valence-corrected chi connectivity index (χ1v) is 11.4. The molecule has 1 aromatic rings. The Morgan fingerprint density at radius 2 is 1.77 bits per heavy atom. The summed E-state index contributed by atoms with van der Waals surface area (Å²) < 4.78 is 10.4. The third-order valence-electron chi connectivity index (χ3n) is 3.65. The minimum atomic E-state index is -0.806. The Kier molecular flexibility index (Phi) is 10.7. The molecule has 142 valence electrons. The van der Waals surface area contributed by atoms with Crippen molar-refractivity contribution < 1.29 is 19.1 Å². The molecule has 5 nitrogen and oxygen atoms in total. The molecular formula is C17H22NO4PS3. The Morgan fingerprint density at radius 1 is 1.15 bits per heavy atom. The third kappa shape index (κ3) is 6.83. The van der Waals surface area contributed by atoms with Crippen molar-refractivity contribution in [1.82, 2.24) is 4.90 Å². The quantitative estimate of drug-likeness (QED) is 0.302. The maximum Gasteiger partial charge on any atom is 0.411 e. The van der Waals surface area contributed by atoms with Crippen LogP contribution in [0.15, 0.2) is 30.3 Å². The zero-order valence-electron chi connectivity index (χ0n) is 14.5. The summed E-state index contributed by atoms with van der Waals surface area (Å²) in [6, 6.07) is 9.29. The number of ether oxygens (including phenoxy) is 2. The van der Waals surface area contributed by atoms with Gasteiger partial charge in [-0.05, 0) is 30.6 Å². The van der Waals surface area contributed by atoms with Crippen molar-refractivity contribution in [2.24, 2.45) is 0 Å². The van der Waals surface area contributed by atoms with E-state index in [9.17, 15) is 9.59 Å². The van der Waals surface area contributed by atoms with Crippen LogP contribution in [0.25, 0.3) is 0 Å². The Labute approximate surface area is 170 Å². The van der Waals surface area contributed by atoms with Gasteiger partial charge in [0.15, 0.2) is 0 Å². The van der Waals surface area contributed by atoms with Crippen LogP contribution in [-0.4, -0.2) is 46.1 Å². The van der Waals surface area contributed by atoms with Gasteiger partial charge in [-0.15, -0.1) is 11.8 Å². The summed E-state index contributed by atoms with van der Waals surface area (Å²) in [6.07, 6.45) is 0.0791. The zero-order valence-corrected chi connectivity index (χ0v) is 18.1. The van der Waals surface area contributed by atoms with E-state index in [0.29, 0.717) is 12.8 Å². The molecule has 1 atom stereocenters. The molecule has 0 heterocycles. The lowest BCUT2D eigenvalue weighted by Crippen LogP contribution is -2.51. The minimum absolute atomic E-state index is 0.0943. The molecule has 9 heteroatoms. The number of benzene rings is 1. The van der Waals surface area contributed by atoms with Crippen LogP contribution >= 0.6 is 31.8 Å². The Balaban J connectivity index is 3.05. The molecule has 1 rings (SSSR count). The SMILES string of the molecule is CCOC(=O)CN(C(=O)OCc1ccccc1)C(CC=S)(CC=S)[PH2]=S. The molecule has 0 N–H and O–H groups in total. The average molecular weight is 432 g/mol. The molecule has 1 unspecified atom stereocenters. The van der Waals surface area contributed by atoms with Gasteiger partial charge in [-0.3, -0.25) is 9.69 Å². The summed E-state index contributed by atoms with van der Waals surface area (Å²) in [6.45, 7) is 1.77. The van der Waals surface area contributed by atoms with Crippen LogP contribution in [0.4, 0.5) is 4.79 Å². The maximum absolute atomic E-state index is 12.8. The van der Waals surface area contributed by atoms with Crippen molar-refractivity contribution in [3.05, 3.63) is 35.9 Å². The lowest BCUT2D eigenvalue weighted by atomic mass is 10.1. The fraction of sp³-hybridized carbons (Fsp3) is 0.412. The largest absolute Gasteiger partial charge is 0.465 e. The van der Waals surface area contributed by atoms with Crippen LogP contribution in [0.1, 0.15) is 25.3 Å². The van der Waals surface area contributed by atoms with E-state index in [-0.39, 0.29) is 19.8 Å². The monoisotopic (exact) mass is 431 g/mol. The van der Waals surface area contributed by atoms with Gasteiger partial charge in [-0.2, -0.15) is 0 Å². The summed E-state index contributed by atoms with van der Waals surface area (Å²) in [5, 5.41) is 2.22. The molecule has 1 amide bonds. The van der Waals surface area contributed by atoms with E-state index in [1.165, 1.54) is 15.6 Å². The number of thiocarbonyl (C=S) groups is 2. The van der Waals surface area contributed by atoms with E-state index < -0.39 is 24.7 Å². The second-order valence-corrected chi connectivity index (χ2v) is 8.08. The van der Waals surface area contributed by atoms with Gasteiger partial charge in [0.05, 0.1) is 11.9 Å². The molecule has 0 aliphatic carbocycles. The number of carbonyl (C=O) groups is 2. The van der Waals surface area contributed by atoms with E-state index in [2.05, 4.69) is 0 Å². The van der Waals surface area contributed by atoms with Gasteiger partial charge in [0, 0.05) is 12.8 Å². The standard InChI is InChI=1S/C17H22NO4PS3/c1-2-21-15(19)12-18(17(23-26,8-10-24)9-11-25)16(20)22-13-14-6-4-3-5-7-14/h3-7,10-11H,2,8-9,12-13,23H2,1H3. The van der Waals surface area contributed by atoms with Crippen molar-refractivity contribution in [1.29, 1.82) is 0 Å². The highest BCUT2D eigenvalue weighted by Gasteiger charge is 2.38. The first-order chi connectivity index (χ1) is 12.5. The molecule has 1 aromatic carbocycles. The Bertz CT molecular complexity index is 632. The van der Waals surface area contributed by atoms with Crippen molar-refractivity contribution in [3.63, 3.8) is 0 Å². The molecule has 0 aliphatic heterocycles. The highest BCUT2D eigenvalue weighted by atomic mass is 32.4. The first-order valence-electron chi connectivity index (χ1n) is 8.00. The molecule has 0 radical (unpaired) electrons. The van der Waals surface area contributed by atoms with Crippen LogP contribution in [-0.2, 0) is 32.7 Å². The number of nitrogens with zero attached hydrogens (tertiary/aromatic N) is 1. The van der Waals surface area contributed by atoms with Gasteiger partial charge in [0.2, 0.25) is 0 Å². The van der Waals surface area contributed by atoms with Crippen LogP contribution in [0, 0.1) is 0 Å². The van der Waals surface area contributed by atoms with Crippen molar-refractivity contribution in [2.45, 2.75) is 31.7 Å². The Morgan fingerprint density at radius 3 is 2.27 bits per heavy atom. The topological polar surface area (TPSA) is 55.8 Å². The number of amides is 1. The first kappa shape index (κ1) is 22.8. The summed E-state index contributed by atoms with van der Waals surface area (Å²) in [7, 11) is -0.670. The van der Waals surface area contributed by atoms with Crippen LogP contribution in [0.3, 0.4) is 0 Å². The maximum atomic E-state index is 12.8. The van der Waals surface area contributed by atoms with Crippen molar-refractivity contribution in [3.8, 4) is 0 Å². The summed E-state index contributed by atoms with van der Waals surface area (Å²) in [5.74, 6) is -0.523. The zero-order chi connectivity index (χ0) is 19.4. The number of hydrogen-bond donors (Lipinski definition) is 0. The van der Waals surface area contributed by atoms with E-state index in [4.69, 9.17) is 45.7 Å². The summed E-state index contributed by atoms with van der Waals surface area (Å²) in [5.41, 5.74) is 0.845. The molecule has 0 fully saturated rings. The van der Waals surface area contributed by atoms with Gasteiger partial charge in [0.1, 0.15) is 13.2 Å². The molecule has 0 saturated carbocycles. The minimum Gasteiger partial charge on any atom is -0.465 e. The van der Waals surface area contributed by atoms with Crippen LogP contribution < -0.4 is 0 Å². The summed E-state index contributed by atoms with van der Waals surface area (Å²) >= 11 is 15.3. The van der Waals surface area contributed by atoms with Gasteiger partial charge in [-0.1, -0.05) is 54.8 Å². The number of carbonyl (C=O) groups excluding carboxylic acids is 2. The predicted octanol–water partition coefficient (Wildman–Crippen LogP) is 3.54. The van der Waals surface area contributed by atoms with E-state index >= 15 is 0 Å². The van der Waals surface area contributed by atoms with E-state index in [1.807, 2.05) is 30.3 Å². The van der Waals surface area contributed by atoms with Gasteiger partial charge < -0.3 is 9.47 Å². The van der Waals surface area contributed by atoms with Gasteiger partial charge in [0.25, 0.3) is 0 Å². The predicted molar refractivity (Wildman–Crippen MR) is 116 cm³/mol. The summed E-state index contributed by atoms with van der Waals surface area (Å²) in [4.78, 5) is 26.1. The number of rotatable bonds is 11.